The average Bonchev–Trinajstić information content (AvgIpc) is 3.32. The van der Waals surface area contributed by atoms with Crippen LogP contribution in [-0.2, 0) is 11.2 Å². The van der Waals surface area contributed by atoms with Crippen LogP contribution >= 0.6 is 23.1 Å². The van der Waals surface area contributed by atoms with Crippen LogP contribution in [0.2, 0.25) is 5.02 Å². The van der Waals surface area contributed by atoms with E-state index in [1.807, 2.05) is 53.4 Å². The van der Waals surface area contributed by atoms with E-state index in [1.54, 1.807) is 7.11 Å². The quantitative estimate of drug-likeness (QED) is 0.411. The summed E-state index contributed by atoms with van der Waals surface area (Å²) in [6.07, 6.45) is 1.10. The first-order valence-corrected chi connectivity index (χ1v) is 13.1. The minimum absolute atomic E-state index is 0.176. The number of carbonyl (C=O) groups is 1. The van der Waals surface area contributed by atoms with Gasteiger partial charge in [-0.05, 0) is 43.7 Å². The number of hydrogen-bond acceptors (Lipinski definition) is 7. The number of hydrogen-bond donors (Lipinski definition) is 0. The van der Waals surface area contributed by atoms with Crippen molar-refractivity contribution in [2.45, 2.75) is 32.7 Å². The minimum Gasteiger partial charge on any atom is -0.497 e. The molecule has 1 aromatic heterocycles. The monoisotopic (exact) mass is 513 g/mol. The number of ether oxygens (including phenoxy) is 1. The lowest BCUT2D eigenvalue weighted by atomic mass is 10.1. The van der Waals surface area contributed by atoms with Crippen molar-refractivity contribution in [2.75, 3.05) is 49.6 Å². The Bertz CT molecular complexity index is 1130. The van der Waals surface area contributed by atoms with E-state index < -0.39 is 0 Å². The third-order valence-electron chi connectivity index (χ3n) is 6.21. The molecule has 7 nitrogen and oxygen atoms in total. The smallest absolute Gasteiger partial charge is 0.224 e. The summed E-state index contributed by atoms with van der Waals surface area (Å²) < 4.78 is 9.88. The van der Waals surface area contributed by atoms with Gasteiger partial charge in [0.1, 0.15) is 11.6 Å². The summed E-state index contributed by atoms with van der Waals surface area (Å²) >= 11 is 7.74. The number of para-hydroxylation sites is 1. The van der Waals surface area contributed by atoms with Crippen molar-refractivity contribution >= 4 is 39.9 Å². The molecule has 35 heavy (non-hydrogen) atoms. The van der Waals surface area contributed by atoms with Gasteiger partial charge in [0.25, 0.3) is 0 Å². The molecular formula is C26H32ClN5O2S. The van der Waals surface area contributed by atoms with Gasteiger partial charge >= 0.3 is 0 Å². The maximum Gasteiger partial charge on any atom is 0.224 e. The van der Waals surface area contributed by atoms with Crippen LogP contribution in [-0.4, -0.2) is 66.0 Å². The van der Waals surface area contributed by atoms with Crippen molar-refractivity contribution < 1.29 is 9.53 Å². The van der Waals surface area contributed by atoms with Gasteiger partial charge in [-0.15, -0.1) is 0 Å². The molecule has 0 radical (unpaired) electrons. The molecule has 0 aliphatic carbocycles. The van der Waals surface area contributed by atoms with Crippen LogP contribution in [0, 0.1) is 0 Å². The molecule has 0 atom stereocenters. The Balaban J connectivity index is 1.31. The van der Waals surface area contributed by atoms with Crippen molar-refractivity contribution in [2.24, 2.45) is 0 Å². The zero-order valence-corrected chi connectivity index (χ0v) is 22.1. The number of anilines is 2. The Hall–Kier alpha value is -2.84. The van der Waals surface area contributed by atoms with Crippen LogP contribution < -0.4 is 14.5 Å². The molecule has 186 valence electrons. The van der Waals surface area contributed by atoms with Gasteiger partial charge < -0.3 is 19.4 Å². The van der Waals surface area contributed by atoms with Crippen molar-refractivity contribution in [3.05, 3.63) is 64.9 Å². The Morgan fingerprint density at radius 1 is 1.14 bits per heavy atom. The summed E-state index contributed by atoms with van der Waals surface area (Å²) in [4.78, 5) is 24.1. The van der Waals surface area contributed by atoms with Crippen molar-refractivity contribution in [1.29, 1.82) is 0 Å². The van der Waals surface area contributed by atoms with Crippen LogP contribution in [0.15, 0.2) is 48.5 Å². The number of methoxy groups -OCH3 is 1. The standard InChI is InChI=1S/C26H32ClN5O2S/c1-19(2)32(26-28-24(29-35-26)18-20-7-6-8-21(17-20)34-3)12-11-25(33)31-15-13-30(14-16-31)23-10-5-4-9-22(23)27/h4-10,17,19H,11-16,18H2,1-3H3. The molecule has 2 aromatic carbocycles. The highest BCUT2D eigenvalue weighted by Crippen LogP contribution is 2.26. The number of carbonyl (C=O) groups excluding carboxylic acids is 1. The number of rotatable bonds is 9. The summed E-state index contributed by atoms with van der Waals surface area (Å²) in [5.41, 5.74) is 2.14. The topological polar surface area (TPSA) is 61.8 Å². The van der Waals surface area contributed by atoms with Crippen molar-refractivity contribution in [3.63, 3.8) is 0 Å². The highest BCUT2D eigenvalue weighted by Gasteiger charge is 2.24. The highest BCUT2D eigenvalue weighted by atomic mass is 35.5. The lowest BCUT2D eigenvalue weighted by molar-refractivity contribution is -0.131. The largest absolute Gasteiger partial charge is 0.497 e. The van der Waals surface area contributed by atoms with Gasteiger partial charge in [-0.25, -0.2) is 4.98 Å². The lowest BCUT2D eigenvalue weighted by Gasteiger charge is -2.37. The Kier molecular flexibility index (Phi) is 8.46. The molecule has 0 spiro atoms. The van der Waals surface area contributed by atoms with Gasteiger partial charge in [0.15, 0.2) is 0 Å². The van der Waals surface area contributed by atoms with Crippen molar-refractivity contribution in [1.82, 2.24) is 14.3 Å². The molecule has 1 fully saturated rings. The summed E-state index contributed by atoms with van der Waals surface area (Å²) in [6, 6.07) is 16.0. The van der Waals surface area contributed by atoms with E-state index in [2.05, 4.69) is 28.0 Å². The number of nitrogens with zero attached hydrogens (tertiary/aromatic N) is 5. The van der Waals surface area contributed by atoms with Crippen LogP contribution in [0.4, 0.5) is 10.8 Å². The fraction of sp³-hybridized carbons (Fsp3) is 0.423. The first kappa shape index (κ1) is 25.3. The maximum atomic E-state index is 13.0. The first-order chi connectivity index (χ1) is 16.9. The third kappa shape index (κ3) is 6.44. The molecule has 1 saturated heterocycles. The second-order valence-corrected chi connectivity index (χ2v) is 10.0. The molecule has 2 heterocycles. The SMILES string of the molecule is COc1cccc(Cc2nsc(N(CCC(=O)N3CCN(c4ccccc4Cl)CC3)C(C)C)n2)c1. The number of piperazine rings is 1. The molecule has 3 aromatic rings. The summed E-state index contributed by atoms with van der Waals surface area (Å²) in [7, 11) is 1.67. The second kappa shape index (κ2) is 11.7. The first-order valence-electron chi connectivity index (χ1n) is 11.9. The van der Waals surface area contributed by atoms with E-state index in [4.69, 9.17) is 21.3 Å². The Morgan fingerprint density at radius 2 is 1.91 bits per heavy atom. The molecule has 0 bridgehead atoms. The summed E-state index contributed by atoms with van der Waals surface area (Å²) in [5.74, 6) is 1.79. The van der Waals surface area contributed by atoms with Gasteiger partial charge in [-0.3, -0.25) is 4.79 Å². The van der Waals surface area contributed by atoms with Gasteiger partial charge in [-0.1, -0.05) is 35.9 Å². The van der Waals surface area contributed by atoms with Gasteiger partial charge in [0.05, 0.1) is 17.8 Å². The van der Waals surface area contributed by atoms with Crippen LogP contribution in [0.25, 0.3) is 0 Å². The normalized spacial score (nSPS) is 13.9. The van der Waals surface area contributed by atoms with Gasteiger partial charge in [0, 0.05) is 63.1 Å². The number of aromatic nitrogens is 2. The average molecular weight is 514 g/mol. The predicted molar refractivity (Wildman–Crippen MR) is 143 cm³/mol. The minimum atomic E-state index is 0.176. The molecule has 1 aliphatic heterocycles. The summed E-state index contributed by atoms with van der Waals surface area (Å²) in [6.45, 7) is 7.84. The molecule has 1 aliphatic rings. The van der Waals surface area contributed by atoms with E-state index in [1.165, 1.54) is 11.5 Å². The molecule has 0 unspecified atom stereocenters. The van der Waals surface area contributed by atoms with E-state index in [0.29, 0.717) is 32.5 Å². The molecular weight excluding hydrogens is 482 g/mol. The summed E-state index contributed by atoms with van der Waals surface area (Å²) in [5, 5.41) is 1.61. The lowest BCUT2D eigenvalue weighted by Crippen LogP contribution is -2.49. The van der Waals surface area contributed by atoms with Crippen molar-refractivity contribution in [3.8, 4) is 5.75 Å². The fourth-order valence-corrected chi connectivity index (χ4v) is 5.35. The van der Waals surface area contributed by atoms with E-state index in [0.717, 1.165) is 46.1 Å². The van der Waals surface area contributed by atoms with Crippen LogP contribution in [0.1, 0.15) is 31.7 Å². The van der Waals surface area contributed by atoms with Crippen LogP contribution in [0.5, 0.6) is 5.75 Å². The molecule has 0 saturated carbocycles. The second-order valence-electron chi connectivity index (χ2n) is 8.88. The molecule has 0 N–H and O–H groups in total. The molecule has 9 heteroatoms. The Morgan fingerprint density at radius 3 is 2.63 bits per heavy atom. The number of benzene rings is 2. The highest BCUT2D eigenvalue weighted by molar-refractivity contribution is 7.09. The van der Waals surface area contributed by atoms with E-state index in [-0.39, 0.29) is 11.9 Å². The number of amides is 1. The van der Waals surface area contributed by atoms with E-state index >= 15 is 0 Å². The van der Waals surface area contributed by atoms with E-state index in [9.17, 15) is 4.79 Å². The molecule has 1 amide bonds. The fourth-order valence-electron chi connectivity index (χ4n) is 4.25. The zero-order chi connectivity index (χ0) is 24.8. The van der Waals surface area contributed by atoms with Gasteiger partial charge in [0.2, 0.25) is 11.0 Å². The van der Waals surface area contributed by atoms with Crippen LogP contribution in [0.3, 0.4) is 0 Å². The molecule has 4 rings (SSSR count). The van der Waals surface area contributed by atoms with Gasteiger partial charge in [-0.2, -0.15) is 4.37 Å². The Labute approximate surface area is 216 Å². The number of halogens is 1. The third-order valence-corrected chi connectivity index (χ3v) is 7.33. The predicted octanol–water partition coefficient (Wildman–Crippen LogP) is 4.74. The maximum absolute atomic E-state index is 13.0. The zero-order valence-electron chi connectivity index (χ0n) is 20.5.